The van der Waals surface area contributed by atoms with Gasteiger partial charge < -0.3 is 10.1 Å². The highest BCUT2D eigenvalue weighted by molar-refractivity contribution is 7.89. The van der Waals surface area contributed by atoms with E-state index in [4.69, 9.17) is 4.74 Å². The molecule has 2 saturated heterocycles. The largest absolute Gasteiger partial charge is 0.376 e. The summed E-state index contributed by atoms with van der Waals surface area (Å²) in [5, 5.41) is 2.90. The highest BCUT2D eigenvalue weighted by Gasteiger charge is 2.26. The van der Waals surface area contributed by atoms with Gasteiger partial charge in [-0.05, 0) is 49.8 Å². The second-order valence-electron chi connectivity index (χ2n) is 6.69. The summed E-state index contributed by atoms with van der Waals surface area (Å²) in [6, 6.07) is 6.90. The van der Waals surface area contributed by atoms with E-state index >= 15 is 0 Å². The molecule has 1 aromatic carbocycles. The summed E-state index contributed by atoms with van der Waals surface area (Å²) in [7, 11) is -3.36. The molecule has 1 amide bonds. The van der Waals surface area contributed by atoms with Crippen molar-refractivity contribution in [3.05, 3.63) is 29.8 Å². The van der Waals surface area contributed by atoms with E-state index in [1.165, 1.54) is 0 Å². The average molecular weight is 366 g/mol. The zero-order valence-corrected chi connectivity index (χ0v) is 15.3. The summed E-state index contributed by atoms with van der Waals surface area (Å²) >= 11 is 0. The molecule has 2 aliphatic rings. The normalized spacial score (nSPS) is 21.5. The van der Waals surface area contributed by atoms with Gasteiger partial charge in [0, 0.05) is 32.7 Å². The number of aryl methyl sites for hydroxylation is 1. The van der Waals surface area contributed by atoms with Crippen LogP contribution in [0.3, 0.4) is 0 Å². The summed E-state index contributed by atoms with van der Waals surface area (Å²) in [6.07, 6.45) is 5.07. The van der Waals surface area contributed by atoms with Crippen LogP contribution in [0.4, 0.5) is 0 Å². The van der Waals surface area contributed by atoms with E-state index in [-0.39, 0.29) is 12.0 Å². The number of benzene rings is 1. The first-order valence-electron chi connectivity index (χ1n) is 9.03. The molecule has 6 nitrogen and oxygen atoms in total. The van der Waals surface area contributed by atoms with Gasteiger partial charge in [-0.1, -0.05) is 12.1 Å². The fraction of sp³-hybridized carbons (Fsp3) is 0.611. The molecule has 0 unspecified atom stereocenters. The molecule has 138 valence electrons. The predicted octanol–water partition coefficient (Wildman–Crippen LogP) is 1.70. The fourth-order valence-corrected chi connectivity index (χ4v) is 4.80. The third-order valence-corrected chi connectivity index (χ3v) is 6.73. The number of amides is 1. The van der Waals surface area contributed by atoms with Crippen LogP contribution in [0, 0.1) is 0 Å². The van der Waals surface area contributed by atoms with Crippen LogP contribution in [0.1, 0.15) is 37.7 Å². The highest BCUT2D eigenvalue weighted by Crippen LogP contribution is 2.21. The van der Waals surface area contributed by atoms with Crippen molar-refractivity contribution in [1.82, 2.24) is 9.62 Å². The molecule has 7 heteroatoms. The Labute approximate surface area is 149 Å². The van der Waals surface area contributed by atoms with E-state index in [2.05, 4.69) is 5.32 Å². The Morgan fingerprint density at radius 3 is 2.52 bits per heavy atom. The van der Waals surface area contributed by atoms with E-state index in [1.807, 2.05) is 0 Å². The van der Waals surface area contributed by atoms with Gasteiger partial charge >= 0.3 is 0 Å². The number of hydrogen-bond donors (Lipinski definition) is 1. The number of hydrogen-bond acceptors (Lipinski definition) is 4. The minimum Gasteiger partial charge on any atom is -0.376 e. The van der Waals surface area contributed by atoms with Gasteiger partial charge in [0.15, 0.2) is 0 Å². The third-order valence-electron chi connectivity index (χ3n) is 4.82. The quantitative estimate of drug-likeness (QED) is 0.797. The van der Waals surface area contributed by atoms with Gasteiger partial charge in [0.25, 0.3) is 0 Å². The Balaban J connectivity index is 1.48. The Hall–Kier alpha value is -1.44. The zero-order valence-electron chi connectivity index (χ0n) is 14.4. The summed E-state index contributed by atoms with van der Waals surface area (Å²) in [5.41, 5.74) is 0.965. The molecule has 1 aromatic rings. The SMILES string of the molecule is O=C(CCc1ccc(S(=O)(=O)N2CCCC2)cc1)NC[C@H]1CCCO1. The molecule has 3 rings (SSSR count). The van der Waals surface area contributed by atoms with Gasteiger partial charge in [-0.25, -0.2) is 8.42 Å². The molecule has 2 fully saturated rings. The summed E-state index contributed by atoms with van der Waals surface area (Å²) in [6.45, 7) is 2.57. The van der Waals surface area contributed by atoms with E-state index in [1.54, 1.807) is 28.6 Å². The van der Waals surface area contributed by atoms with Crippen molar-refractivity contribution in [2.24, 2.45) is 0 Å². The number of carbonyl (C=O) groups excluding carboxylic acids is 1. The first-order valence-corrected chi connectivity index (χ1v) is 10.5. The summed E-state index contributed by atoms with van der Waals surface area (Å²) in [4.78, 5) is 12.2. The lowest BCUT2D eigenvalue weighted by molar-refractivity contribution is -0.121. The van der Waals surface area contributed by atoms with Crippen LogP contribution >= 0.6 is 0 Å². The monoisotopic (exact) mass is 366 g/mol. The first kappa shape index (κ1) is 18.4. The lowest BCUT2D eigenvalue weighted by atomic mass is 10.1. The molecular formula is C18H26N2O4S. The van der Waals surface area contributed by atoms with E-state index in [0.29, 0.717) is 37.4 Å². The van der Waals surface area contributed by atoms with Crippen molar-refractivity contribution in [3.63, 3.8) is 0 Å². The van der Waals surface area contributed by atoms with Crippen LogP contribution in [-0.2, 0) is 26.0 Å². The number of carbonyl (C=O) groups is 1. The molecule has 25 heavy (non-hydrogen) atoms. The fourth-order valence-electron chi connectivity index (χ4n) is 3.28. The standard InChI is InChI=1S/C18H26N2O4S/c21-18(19-14-16-4-3-13-24-16)10-7-15-5-8-17(9-6-15)25(22,23)20-11-1-2-12-20/h5-6,8-9,16H,1-4,7,10-14H2,(H,19,21)/t16-/m1/s1. The smallest absolute Gasteiger partial charge is 0.243 e. The summed E-state index contributed by atoms with van der Waals surface area (Å²) in [5.74, 6) is 0.00395. The van der Waals surface area contributed by atoms with Crippen LogP contribution in [0.25, 0.3) is 0 Å². The molecule has 1 N–H and O–H groups in total. The van der Waals surface area contributed by atoms with Gasteiger partial charge in [0.1, 0.15) is 0 Å². The molecule has 0 aromatic heterocycles. The van der Waals surface area contributed by atoms with Crippen LogP contribution in [0.2, 0.25) is 0 Å². The molecule has 0 saturated carbocycles. The molecule has 2 aliphatic heterocycles. The van der Waals surface area contributed by atoms with Crippen molar-refractivity contribution >= 4 is 15.9 Å². The Morgan fingerprint density at radius 1 is 1.16 bits per heavy atom. The zero-order chi connectivity index (χ0) is 17.7. The van der Waals surface area contributed by atoms with Gasteiger partial charge in [-0.2, -0.15) is 4.31 Å². The molecule has 0 spiro atoms. The van der Waals surface area contributed by atoms with Gasteiger partial charge in [0.2, 0.25) is 15.9 Å². The van der Waals surface area contributed by atoms with E-state index in [9.17, 15) is 13.2 Å². The maximum Gasteiger partial charge on any atom is 0.243 e. The van der Waals surface area contributed by atoms with Gasteiger partial charge in [0.05, 0.1) is 11.0 Å². The highest BCUT2D eigenvalue weighted by atomic mass is 32.2. The maximum atomic E-state index is 12.5. The Kier molecular flexibility index (Phi) is 6.09. The molecule has 2 heterocycles. The number of nitrogens with zero attached hydrogens (tertiary/aromatic N) is 1. The number of rotatable bonds is 7. The van der Waals surface area contributed by atoms with Crippen molar-refractivity contribution in [2.75, 3.05) is 26.2 Å². The molecule has 0 aliphatic carbocycles. The van der Waals surface area contributed by atoms with Crippen molar-refractivity contribution < 1.29 is 17.9 Å². The second-order valence-corrected chi connectivity index (χ2v) is 8.63. The van der Waals surface area contributed by atoms with Crippen molar-refractivity contribution in [3.8, 4) is 0 Å². The minimum atomic E-state index is -3.36. The third kappa shape index (κ3) is 4.80. The van der Waals surface area contributed by atoms with Crippen LogP contribution in [0.5, 0.6) is 0 Å². The Bertz CT molecular complexity index is 676. The van der Waals surface area contributed by atoms with Crippen LogP contribution in [-0.4, -0.2) is 51.0 Å². The maximum absolute atomic E-state index is 12.5. The molecule has 0 radical (unpaired) electrons. The lowest BCUT2D eigenvalue weighted by Gasteiger charge is -2.15. The second kappa shape index (κ2) is 8.29. The molecule has 1 atom stereocenters. The van der Waals surface area contributed by atoms with Crippen LogP contribution < -0.4 is 5.32 Å². The van der Waals surface area contributed by atoms with E-state index in [0.717, 1.165) is 37.9 Å². The molecular weight excluding hydrogens is 340 g/mol. The number of ether oxygens (including phenoxy) is 1. The summed E-state index contributed by atoms with van der Waals surface area (Å²) < 4.78 is 32.0. The van der Waals surface area contributed by atoms with Crippen molar-refractivity contribution in [2.45, 2.75) is 49.5 Å². The first-order chi connectivity index (χ1) is 12.1. The predicted molar refractivity (Wildman–Crippen MR) is 94.7 cm³/mol. The minimum absolute atomic E-state index is 0.00395. The van der Waals surface area contributed by atoms with Crippen LogP contribution in [0.15, 0.2) is 29.2 Å². The topological polar surface area (TPSA) is 75.7 Å². The van der Waals surface area contributed by atoms with Gasteiger partial charge in [-0.15, -0.1) is 0 Å². The number of nitrogens with one attached hydrogen (secondary N) is 1. The van der Waals surface area contributed by atoms with Crippen molar-refractivity contribution in [1.29, 1.82) is 0 Å². The lowest BCUT2D eigenvalue weighted by Crippen LogP contribution is -2.31. The Morgan fingerprint density at radius 2 is 1.88 bits per heavy atom. The average Bonchev–Trinajstić information content (AvgIpc) is 3.32. The molecule has 0 bridgehead atoms. The number of sulfonamides is 1. The van der Waals surface area contributed by atoms with E-state index < -0.39 is 10.0 Å². The van der Waals surface area contributed by atoms with Gasteiger partial charge in [-0.3, -0.25) is 4.79 Å².